The van der Waals surface area contributed by atoms with Gasteiger partial charge in [-0.3, -0.25) is 0 Å². The molecule has 2 rings (SSSR count). The summed E-state index contributed by atoms with van der Waals surface area (Å²) in [5.41, 5.74) is 6.47. The average Bonchev–Trinajstić information content (AvgIpc) is 2.18. The zero-order valence-electron chi connectivity index (χ0n) is 8.06. The number of rotatable bonds is 1. The number of nitrogen functional groups attached to an aromatic ring is 1. The van der Waals surface area contributed by atoms with Crippen LogP contribution in [-0.2, 0) is 9.47 Å². The lowest BCUT2D eigenvalue weighted by Gasteiger charge is -2.21. The third kappa shape index (κ3) is 2.00. The van der Waals surface area contributed by atoms with Crippen molar-refractivity contribution in [2.24, 2.45) is 0 Å². The summed E-state index contributed by atoms with van der Waals surface area (Å²) >= 11 is 0. The maximum Gasteiger partial charge on any atom is 0.162 e. The van der Waals surface area contributed by atoms with Gasteiger partial charge in [0, 0.05) is 11.8 Å². The van der Waals surface area contributed by atoms with E-state index >= 15 is 0 Å². The molecule has 0 amide bonds. The molecule has 0 aromatic carbocycles. The number of hydrogen-bond donors (Lipinski definition) is 1. The van der Waals surface area contributed by atoms with Crippen LogP contribution in [0.5, 0.6) is 0 Å². The molecule has 14 heavy (non-hydrogen) atoms. The van der Waals surface area contributed by atoms with Crippen LogP contribution in [0.15, 0.2) is 6.07 Å². The Bertz CT molecular complexity index is 304. The van der Waals surface area contributed by atoms with E-state index < -0.39 is 0 Å². The smallest absolute Gasteiger partial charge is 0.162 e. The van der Waals surface area contributed by atoms with E-state index in [0.717, 1.165) is 5.69 Å². The number of ether oxygens (including phenoxy) is 2. The van der Waals surface area contributed by atoms with E-state index in [1.165, 1.54) is 0 Å². The van der Waals surface area contributed by atoms with Crippen molar-refractivity contribution < 1.29 is 9.47 Å². The molecule has 1 fully saturated rings. The Morgan fingerprint density at radius 1 is 1.43 bits per heavy atom. The molecule has 0 aliphatic carbocycles. The highest BCUT2D eigenvalue weighted by molar-refractivity contribution is 5.29. The van der Waals surface area contributed by atoms with Gasteiger partial charge in [0.15, 0.2) is 5.82 Å². The zero-order chi connectivity index (χ0) is 9.97. The standard InChI is InChI=1S/C9H13N3O2/c1-6-4-8(10)12-9(11-6)7-5-13-2-3-14-7/h4,7H,2-3,5H2,1H3,(H2,10,11,12). The van der Waals surface area contributed by atoms with Crippen LogP contribution >= 0.6 is 0 Å². The van der Waals surface area contributed by atoms with E-state index in [0.29, 0.717) is 31.5 Å². The highest BCUT2D eigenvalue weighted by Gasteiger charge is 2.19. The lowest BCUT2D eigenvalue weighted by Crippen LogP contribution is -2.24. The molecule has 1 aromatic rings. The summed E-state index contributed by atoms with van der Waals surface area (Å²) in [4.78, 5) is 8.38. The molecule has 76 valence electrons. The Balaban J connectivity index is 2.21. The van der Waals surface area contributed by atoms with Crippen molar-refractivity contribution in [1.29, 1.82) is 0 Å². The topological polar surface area (TPSA) is 70.3 Å². The van der Waals surface area contributed by atoms with Crippen LogP contribution in [0.2, 0.25) is 0 Å². The van der Waals surface area contributed by atoms with Gasteiger partial charge in [-0.2, -0.15) is 0 Å². The summed E-state index contributed by atoms with van der Waals surface area (Å²) in [5, 5.41) is 0. The predicted molar refractivity (Wildman–Crippen MR) is 50.7 cm³/mol. The quantitative estimate of drug-likeness (QED) is 0.704. The number of anilines is 1. The first kappa shape index (κ1) is 9.36. The molecule has 0 saturated carbocycles. The maximum absolute atomic E-state index is 5.62. The van der Waals surface area contributed by atoms with E-state index in [9.17, 15) is 0 Å². The van der Waals surface area contributed by atoms with Crippen molar-refractivity contribution >= 4 is 5.82 Å². The van der Waals surface area contributed by atoms with Gasteiger partial charge in [0.05, 0.1) is 19.8 Å². The summed E-state index contributed by atoms with van der Waals surface area (Å²) in [7, 11) is 0. The van der Waals surface area contributed by atoms with Gasteiger partial charge in [-0.05, 0) is 6.92 Å². The second-order valence-corrected chi connectivity index (χ2v) is 3.23. The molecule has 1 unspecified atom stereocenters. The van der Waals surface area contributed by atoms with E-state index in [4.69, 9.17) is 15.2 Å². The third-order valence-corrected chi connectivity index (χ3v) is 2.00. The first-order valence-electron chi connectivity index (χ1n) is 4.56. The van der Waals surface area contributed by atoms with Crippen LogP contribution in [-0.4, -0.2) is 29.8 Å². The van der Waals surface area contributed by atoms with Gasteiger partial charge in [0.2, 0.25) is 0 Å². The summed E-state index contributed by atoms with van der Waals surface area (Å²) in [6.07, 6.45) is -0.175. The predicted octanol–water partition coefficient (Wildman–Crippen LogP) is 0.455. The fourth-order valence-electron chi connectivity index (χ4n) is 1.40. The van der Waals surface area contributed by atoms with E-state index in [1.807, 2.05) is 6.92 Å². The summed E-state index contributed by atoms with van der Waals surface area (Å²) in [6, 6.07) is 1.73. The Kier molecular flexibility index (Phi) is 2.60. The molecule has 1 aliphatic rings. The van der Waals surface area contributed by atoms with Gasteiger partial charge in [-0.25, -0.2) is 9.97 Å². The van der Waals surface area contributed by atoms with E-state index in [2.05, 4.69) is 9.97 Å². The minimum atomic E-state index is -0.175. The van der Waals surface area contributed by atoms with Crippen LogP contribution in [0.1, 0.15) is 17.6 Å². The van der Waals surface area contributed by atoms with Crippen molar-refractivity contribution in [1.82, 2.24) is 9.97 Å². The molecule has 0 spiro atoms. The fourth-order valence-corrected chi connectivity index (χ4v) is 1.40. The first-order valence-corrected chi connectivity index (χ1v) is 4.56. The van der Waals surface area contributed by atoms with Crippen LogP contribution in [0.4, 0.5) is 5.82 Å². The zero-order valence-corrected chi connectivity index (χ0v) is 8.06. The lowest BCUT2D eigenvalue weighted by atomic mass is 10.3. The number of nitrogens with zero attached hydrogens (tertiary/aromatic N) is 2. The van der Waals surface area contributed by atoms with Gasteiger partial charge < -0.3 is 15.2 Å². The number of hydrogen-bond acceptors (Lipinski definition) is 5. The van der Waals surface area contributed by atoms with E-state index in [1.54, 1.807) is 6.07 Å². The minimum Gasteiger partial charge on any atom is -0.384 e. The van der Waals surface area contributed by atoms with Crippen molar-refractivity contribution in [2.45, 2.75) is 13.0 Å². The summed E-state index contributed by atoms with van der Waals surface area (Å²) in [6.45, 7) is 3.60. The van der Waals surface area contributed by atoms with Gasteiger partial charge in [0.1, 0.15) is 11.9 Å². The van der Waals surface area contributed by atoms with Crippen LogP contribution in [0, 0.1) is 6.92 Å². The van der Waals surface area contributed by atoms with Crippen molar-refractivity contribution in [3.8, 4) is 0 Å². The highest BCUT2D eigenvalue weighted by Crippen LogP contribution is 2.18. The first-order chi connectivity index (χ1) is 6.75. The molecule has 0 bridgehead atoms. The molecule has 1 aliphatic heterocycles. The summed E-state index contributed by atoms with van der Waals surface area (Å²) in [5.74, 6) is 1.09. The van der Waals surface area contributed by atoms with Gasteiger partial charge in [-0.1, -0.05) is 0 Å². The Hall–Kier alpha value is -1.20. The molecule has 1 aromatic heterocycles. The Labute approximate surface area is 82.3 Å². The van der Waals surface area contributed by atoms with Crippen molar-refractivity contribution in [2.75, 3.05) is 25.6 Å². The van der Waals surface area contributed by atoms with E-state index in [-0.39, 0.29) is 6.10 Å². The minimum absolute atomic E-state index is 0.175. The van der Waals surface area contributed by atoms with Gasteiger partial charge in [0.25, 0.3) is 0 Å². The second kappa shape index (κ2) is 3.89. The highest BCUT2D eigenvalue weighted by atomic mass is 16.6. The Morgan fingerprint density at radius 2 is 2.29 bits per heavy atom. The van der Waals surface area contributed by atoms with Crippen LogP contribution < -0.4 is 5.73 Å². The van der Waals surface area contributed by atoms with Crippen LogP contribution in [0.25, 0.3) is 0 Å². The maximum atomic E-state index is 5.62. The Morgan fingerprint density at radius 3 is 2.93 bits per heavy atom. The molecule has 1 atom stereocenters. The molecule has 1 saturated heterocycles. The van der Waals surface area contributed by atoms with Gasteiger partial charge >= 0.3 is 0 Å². The fraction of sp³-hybridized carbons (Fsp3) is 0.556. The van der Waals surface area contributed by atoms with Crippen molar-refractivity contribution in [3.05, 3.63) is 17.6 Å². The van der Waals surface area contributed by atoms with Crippen molar-refractivity contribution in [3.63, 3.8) is 0 Å². The van der Waals surface area contributed by atoms with Crippen LogP contribution in [0.3, 0.4) is 0 Å². The molecule has 0 radical (unpaired) electrons. The normalized spacial score (nSPS) is 22.2. The number of aryl methyl sites for hydroxylation is 1. The molecule has 2 heterocycles. The lowest BCUT2D eigenvalue weighted by molar-refractivity contribution is -0.0935. The number of aromatic nitrogens is 2. The second-order valence-electron chi connectivity index (χ2n) is 3.23. The number of nitrogens with two attached hydrogens (primary N) is 1. The molecular formula is C9H13N3O2. The SMILES string of the molecule is Cc1cc(N)nc(C2COCCO2)n1. The summed E-state index contributed by atoms with van der Waals surface area (Å²) < 4.78 is 10.7. The largest absolute Gasteiger partial charge is 0.384 e. The molecular weight excluding hydrogens is 182 g/mol. The average molecular weight is 195 g/mol. The monoisotopic (exact) mass is 195 g/mol. The molecule has 2 N–H and O–H groups in total. The molecule has 5 nitrogen and oxygen atoms in total. The molecule has 5 heteroatoms. The third-order valence-electron chi connectivity index (χ3n) is 2.00. The van der Waals surface area contributed by atoms with Gasteiger partial charge in [-0.15, -0.1) is 0 Å².